The summed E-state index contributed by atoms with van der Waals surface area (Å²) in [7, 11) is 2.90. The molecule has 0 saturated heterocycles. The normalized spacial score (nSPS) is 12.4. The minimum Gasteiger partial charge on any atom is -0.493 e. The van der Waals surface area contributed by atoms with Crippen LogP contribution in [-0.4, -0.2) is 82.4 Å². The molecule has 6 rings (SSSR count). The van der Waals surface area contributed by atoms with Crippen LogP contribution < -0.4 is 29.6 Å². The van der Waals surface area contributed by atoms with Crippen molar-refractivity contribution in [3.8, 4) is 23.0 Å². The lowest BCUT2D eigenvalue weighted by Gasteiger charge is -2.45. The minimum atomic E-state index is -0.940. The maximum absolute atomic E-state index is 15.8. The predicted molar refractivity (Wildman–Crippen MR) is 298 cm³/mol. The number of esters is 4. The fraction of sp³-hybridized carbons (Fsp3) is 0.448. The molecule has 0 aliphatic heterocycles. The van der Waals surface area contributed by atoms with E-state index >= 15 is 8.78 Å². The van der Waals surface area contributed by atoms with E-state index in [0.29, 0.717) is 94.5 Å². The zero-order valence-corrected chi connectivity index (χ0v) is 47.7. The molecule has 0 aliphatic rings. The van der Waals surface area contributed by atoms with E-state index in [1.165, 1.54) is 78.8 Å². The number of hydrogen-bond acceptors (Lipinski definition) is 17. The highest BCUT2D eigenvalue weighted by Crippen LogP contribution is 2.43. The first-order valence-electron chi connectivity index (χ1n) is 26.0. The number of ether oxygens (including phenoxy) is 7. The van der Waals surface area contributed by atoms with Crippen LogP contribution in [0, 0.1) is 23.5 Å². The highest BCUT2D eigenvalue weighted by molar-refractivity contribution is 6.31. The van der Waals surface area contributed by atoms with Crippen LogP contribution in [0.2, 0.25) is 10.0 Å². The molecule has 2 aromatic heterocycles. The van der Waals surface area contributed by atoms with Crippen molar-refractivity contribution in [2.45, 2.75) is 131 Å². The molecular formula is C58H68Cl2F2N6O11. The Morgan fingerprint density at radius 3 is 1.28 bits per heavy atom. The van der Waals surface area contributed by atoms with Gasteiger partial charge >= 0.3 is 23.9 Å². The van der Waals surface area contributed by atoms with E-state index in [1.54, 1.807) is 24.3 Å². The predicted octanol–water partition coefficient (Wildman–Crippen LogP) is 13.4. The molecule has 17 nitrogen and oxygen atoms in total. The lowest BCUT2D eigenvalue weighted by atomic mass is 9.77. The number of nitrogens with one attached hydrogen (secondary N) is 2. The lowest BCUT2D eigenvalue weighted by Crippen LogP contribution is -2.47. The molecule has 0 aliphatic carbocycles. The molecule has 0 saturated carbocycles. The van der Waals surface area contributed by atoms with Crippen LogP contribution in [-0.2, 0) is 46.2 Å². The van der Waals surface area contributed by atoms with Crippen LogP contribution in [0.5, 0.6) is 23.0 Å². The second-order valence-electron chi connectivity index (χ2n) is 20.3. The molecule has 2 heterocycles. The Labute approximate surface area is 468 Å². The second-order valence-corrected chi connectivity index (χ2v) is 21.1. The van der Waals surface area contributed by atoms with E-state index in [9.17, 15) is 19.2 Å². The van der Waals surface area contributed by atoms with Crippen molar-refractivity contribution in [2.75, 3.05) is 38.1 Å². The molecule has 6 aromatic rings. The van der Waals surface area contributed by atoms with E-state index in [0.717, 1.165) is 12.8 Å². The van der Waals surface area contributed by atoms with Crippen molar-refractivity contribution in [1.29, 1.82) is 0 Å². The molecule has 0 amide bonds. The number of unbranched alkanes of at least 4 members (excludes halogenated alkanes) is 4. The Morgan fingerprint density at radius 1 is 0.532 bits per heavy atom. The van der Waals surface area contributed by atoms with Crippen molar-refractivity contribution in [2.24, 2.45) is 11.8 Å². The summed E-state index contributed by atoms with van der Waals surface area (Å²) in [5.41, 5.74) is 1.12. The number of carbonyl (C=O) groups is 4. The van der Waals surface area contributed by atoms with Crippen LogP contribution in [0.1, 0.15) is 118 Å². The van der Waals surface area contributed by atoms with Gasteiger partial charge in [0, 0.05) is 62.0 Å². The van der Waals surface area contributed by atoms with Crippen LogP contribution in [0.4, 0.5) is 31.8 Å². The third kappa shape index (κ3) is 17.0. The van der Waals surface area contributed by atoms with Gasteiger partial charge < -0.3 is 43.8 Å². The van der Waals surface area contributed by atoms with E-state index in [-0.39, 0.29) is 82.9 Å². The van der Waals surface area contributed by atoms with Gasteiger partial charge in [-0.3, -0.25) is 19.2 Å². The standard InChI is InChI=1S/C58H68Cl2F2N6O11/c1-33(69)75-19-15-11-13-17-39(21-37-23-45(61)43(59)27-47(37)67-55-41-25-53(77-35(3)71)51(73-9)29-49(41)63-31-65-55)57(5,6)79-58(7,8)40(18-14-12-16-20-76-34(2)70)22-38-24-46(62)44(60)28-48(38)68-56-42-26-54(78-36(4)72)52(74-10)30-50(42)64-32-66-56/h23-32,39-40H,11-22H2,1-10H3,(H,63,65,67)(H,64,66,68). The summed E-state index contributed by atoms with van der Waals surface area (Å²) in [4.78, 5) is 65.2. The van der Waals surface area contributed by atoms with Gasteiger partial charge in [0.2, 0.25) is 0 Å². The summed E-state index contributed by atoms with van der Waals surface area (Å²) in [5, 5.41) is 7.44. The Bertz CT molecular complexity index is 2960. The highest BCUT2D eigenvalue weighted by Gasteiger charge is 2.41. The Balaban J connectivity index is 1.37. The molecule has 0 fully saturated rings. The summed E-state index contributed by atoms with van der Waals surface area (Å²) in [6, 6.07) is 12.2. The second kappa shape index (κ2) is 27.8. The Hall–Kier alpha value is -6.96. The quantitative estimate of drug-likeness (QED) is 0.0266. The number of fused-ring (bicyclic) bond motifs is 2. The molecule has 2 atom stereocenters. The smallest absolute Gasteiger partial charge is 0.308 e. The maximum Gasteiger partial charge on any atom is 0.308 e. The first kappa shape index (κ1) is 61.3. The van der Waals surface area contributed by atoms with Crippen molar-refractivity contribution < 1.29 is 61.1 Å². The lowest BCUT2D eigenvalue weighted by molar-refractivity contribution is -0.175. The topological polar surface area (TPSA) is 209 Å². The largest absolute Gasteiger partial charge is 0.493 e. The number of benzene rings is 4. The first-order valence-corrected chi connectivity index (χ1v) is 26.7. The van der Waals surface area contributed by atoms with Crippen LogP contribution >= 0.6 is 23.2 Å². The Kier molecular flexibility index (Phi) is 21.5. The number of nitrogens with zero attached hydrogens (tertiary/aromatic N) is 4. The van der Waals surface area contributed by atoms with E-state index < -0.39 is 34.8 Å². The molecule has 0 bridgehead atoms. The molecule has 424 valence electrons. The summed E-state index contributed by atoms with van der Waals surface area (Å²) >= 11 is 13.0. The van der Waals surface area contributed by atoms with Gasteiger partial charge in [-0.05, 0) is 126 Å². The third-order valence-corrected chi connectivity index (χ3v) is 14.2. The van der Waals surface area contributed by atoms with E-state index in [2.05, 4.69) is 30.6 Å². The monoisotopic (exact) mass is 1130 g/mol. The summed E-state index contributed by atoms with van der Waals surface area (Å²) in [5.74, 6) is -2.17. The van der Waals surface area contributed by atoms with Gasteiger partial charge in [-0.1, -0.05) is 48.9 Å². The van der Waals surface area contributed by atoms with Crippen molar-refractivity contribution in [3.63, 3.8) is 0 Å². The number of rotatable bonds is 28. The van der Waals surface area contributed by atoms with E-state index in [1.807, 2.05) is 27.7 Å². The first-order chi connectivity index (χ1) is 37.5. The number of carbonyl (C=O) groups excluding carboxylic acids is 4. The average molecular weight is 1130 g/mol. The van der Waals surface area contributed by atoms with Gasteiger partial charge in [-0.25, -0.2) is 28.7 Å². The summed E-state index contributed by atoms with van der Waals surface area (Å²) in [6.07, 6.45) is 8.60. The van der Waals surface area contributed by atoms with Gasteiger partial charge in [0.1, 0.15) is 35.9 Å². The SMILES string of the molecule is COc1cc2ncnc(Nc3cc(Cl)c(F)cc3CC(CCCCCOC(C)=O)C(C)(C)OC(C)(C)C(CCCCCOC(C)=O)Cc3cc(F)c(Cl)cc3Nc3ncnc4cc(OC)c(OC(C)=O)cc34)c2cc1OC(C)=O. The van der Waals surface area contributed by atoms with Crippen LogP contribution in [0.25, 0.3) is 21.8 Å². The molecule has 2 N–H and O–H groups in total. The third-order valence-electron chi connectivity index (χ3n) is 13.6. The van der Waals surface area contributed by atoms with E-state index in [4.69, 9.17) is 56.4 Å². The molecule has 21 heteroatoms. The van der Waals surface area contributed by atoms with Gasteiger partial charge in [0.15, 0.2) is 23.0 Å². The maximum atomic E-state index is 15.8. The summed E-state index contributed by atoms with van der Waals surface area (Å²) < 4.78 is 71.4. The summed E-state index contributed by atoms with van der Waals surface area (Å²) in [6.45, 7) is 13.8. The fourth-order valence-electron chi connectivity index (χ4n) is 9.65. The molecule has 2 unspecified atom stereocenters. The number of aromatic nitrogens is 4. The molecule has 0 spiro atoms. The van der Waals surface area contributed by atoms with Crippen LogP contribution in [0.15, 0.2) is 61.2 Å². The van der Waals surface area contributed by atoms with Crippen LogP contribution in [0.3, 0.4) is 0 Å². The van der Waals surface area contributed by atoms with Gasteiger partial charge in [0.05, 0.1) is 59.7 Å². The van der Waals surface area contributed by atoms with Crippen molar-refractivity contribution >= 4 is 91.9 Å². The minimum absolute atomic E-state index is 0.131. The zero-order valence-electron chi connectivity index (χ0n) is 46.2. The molecule has 79 heavy (non-hydrogen) atoms. The Morgan fingerprint density at radius 2 is 0.924 bits per heavy atom. The number of methoxy groups -OCH3 is 2. The van der Waals surface area contributed by atoms with Crippen molar-refractivity contribution in [3.05, 3.63) is 94.0 Å². The molecule has 4 aromatic carbocycles. The molecule has 0 radical (unpaired) electrons. The zero-order chi connectivity index (χ0) is 57.6. The van der Waals surface area contributed by atoms with Crippen molar-refractivity contribution in [1.82, 2.24) is 19.9 Å². The van der Waals surface area contributed by atoms with Gasteiger partial charge in [0.25, 0.3) is 0 Å². The number of hydrogen-bond donors (Lipinski definition) is 2. The number of halogens is 4. The highest BCUT2D eigenvalue weighted by atomic mass is 35.5. The van der Waals surface area contributed by atoms with Gasteiger partial charge in [-0.2, -0.15) is 0 Å². The van der Waals surface area contributed by atoms with Gasteiger partial charge in [-0.15, -0.1) is 0 Å². The number of anilines is 4. The fourth-order valence-corrected chi connectivity index (χ4v) is 9.98. The molecular weight excluding hydrogens is 1070 g/mol. The average Bonchev–Trinajstić information content (AvgIpc) is 3.42.